The molecule has 4 rings (SSSR count). The molecule has 1 atom stereocenters. The van der Waals surface area contributed by atoms with Crippen molar-refractivity contribution in [2.24, 2.45) is 5.92 Å². The Labute approximate surface area is 113 Å². The van der Waals surface area contributed by atoms with E-state index in [-0.39, 0.29) is 17.8 Å². The molecule has 0 aromatic heterocycles. The van der Waals surface area contributed by atoms with Gasteiger partial charge in [-0.05, 0) is 55.9 Å². The molecule has 0 aliphatic carbocycles. The van der Waals surface area contributed by atoms with E-state index in [4.69, 9.17) is 0 Å². The van der Waals surface area contributed by atoms with Crippen LogP contribution < -0.4 is 5.32 Å². The lowest BCUT2D eigenvalue weighted by atomic mass is 9.95. The van der Waals surface area contributed by atoms with Gasteiger partial charge in [-0.15, -0.1) is 0 Å². The first-order valence-electron chi connectivity index (χ1n) is 7.06. The van der Waals surface area contributed by atoms with E-state index in [1.807, 2.05) is 0 Å². The SMILES string of the molecule is O=C(NC1CCC2CCN1CC2)c1ccc(O)cc1. The molecule has 1 unspecified atom stereocenters. The van der Waals surface area contributed by atoms with Crippen molar-refractivity contribution in [3.63, 3.8) is 0 Å². The topological polar surface area (TPSA) is 52.6 Å². The normalized spacial score (nSPS) is 29.8. The molecule has 3 aliphatic heterocycles. The zero-order valence-electron chi connectivity index (χ0n) is 11.0. The second-order valence-electron chi connectivity index (χ2n) is 5.59. The minimum atomic E-state index is -0.0460. The van der Waals surface area contributed by atoms with Crippen LogP contribution in [0.4, 0.5) is 0 Å². The van der Waals surface area contributed by atoms with Crippen molar-refractivity contribution in [3.8, 4) is 5.75 Å². The molecule has 102 valence electrons. The number of nitrogens with zero attached hydrogens (tertiary/aromatic N) is 1. The monoisotopic (exact) mass is 260 g/mol. The van der Waals surface area contributed by atoms with Crippen LogP contribution >= 0.6 is 0 Å². The largest absolute Gasteiger partial charge is 0.508 e. The Bertz CT molecular complexity index is 450. The third-order valence-corrected chi connectivity index (χ3v) is 4.37. The summed E-state index contributed by atoms with van der Waals surface area (Å²) in [7, 11) is 0. The number of nitrogens with one attached hydrogen (secondary N) is 1. The third-order valence-electron chi connectivity index (χ3n) is 4.37. The lowest BCUT2D eigenvalue weighted by Crippen LogP contribution is -2.48. The fourth-order valence-corrected chi connectivity index (χ4v) is 3.14. The second-order valence-corrected chi connectivity index (χ2v) is 5.59. The molecule has 0 saturated carbocycles. The smallest absolute Gasteiger partial charge is 0.252 e. The maximum atomic E-state index is 12.2. The number of benzene rings is 1. The number of fused-ring (bicyclic) bond motifs is 4. The highest BCUT2D eigenvalue weighted by molar-refractivity contribution is 5.94. The number of amides is 1. The van der Waals surface area contributed by atoms with E-state index < -0.39 is 0 Å². The number of piperidine rings is 1. The van der Waals surface area contributed by atoms with Crippen molar-refractivity contribution in [3.05, 3.63) is 29.8 Å². The predicted molar refractivity (Wildman–Crippen MR) is 72.9 cm³/mol. The Kier molecular flexibility index (Phi) is 3.42. The van der Waals surface area contributed by atoms with Gasteiger partial charge >= 0.3 is 0 Å². The van der Waals surface area contributed by atoms with E-state index in [9.17, 15) is 9.90 Å². The molecule has 19 heavy (non-hydrogen) atoms. The molecule has 0 radical (unpaired) electrons. The number of carbonyl (C=O) groups excluding carboxylic acids is 1. The van der Waals surface area contributed by atoms with Gasteiger partial charge in [0, 0.05) is 18.7 Å². The number of phenols is 1. The molecule has 1 aromatic carbocycles. The number of carbonyl (C=O) groups is 1. The van der Waals surface area contributed by atoms with Gasteiger partial charge in [-0.3, -0.25) is 9.69 Å². The van der Waals surface area contributed by atoms with Crippen LogP contribution in [0.3, 0.4) is 0 Å². The minimum absolute atomic E-state index is 0.0460. The Morgan fingerprint density at radius 3 is 2.47 bits per heavy atom. The summed E-state index contributed by atoms with van der Waals surface area (Å²) in [6.45, 7) is 2.20. The van der Waals surface area contributed by atoms with E-state index in [2.05, 4.69) is 10.2 Å². The summed E-state index contributed by atoms with van der Waals surface area (Å²) < 4.78 is 0. The number of aromatic hydroxyl groups is 1. The molecule has 4 nitrogen and oxygen atoms in total. The van der Waals surface area contributed by atoms with Crippen molar-refractivity contribution in [2.75, 3.05) is 13.1 Å². The molecule has 3 aliphatic rings. The third kappa shape index (κ3) is 2.73. The number of hydrogen-bond acceptors (Lipinski definition) is 3. The molecule has 1 amide bonds. The van der Waals surface area contributed by atoms with Crippen LogP contribution in [0.2, 0.25) is 0 Å². The van der Waals surface area contributed by atoms with Gasteiger partial charge in [0.15, 0.2) is 0 Å². The molecular formula is C15H20N2O2. The maximum Gasteiger partial charge on any atom is 0.252 e. The summed E-state index contributed by atoms with van der Waals surface area (Å²) in [5, 5.41) is 12.4. The molecule has 2 bridgehead atoms. The van der Waals surface area contributed by atoms with Crippen molar-refractivity contribution in [1.82, 2.24) is 10.2 Å². The molecule has 3 saturated heterocycles. The van der Waals surface area contributed by atoms with Gasteiger partial charge in [-0.1, -0.05) is 0 Å². The Morgan fingerprint density at radius 1 is 1.11 bits per heavy atom. The Balaban J connectivity index is 1.67. The predicted octanol–water partition coefficient (Wildman–Crippen LogP) is 1.95. The van der Waals surface area contributed by atoms with E-state index in [0.717, 1.165) is 25.4 Å². The van der Waals surface area contributed by atoms with E-state index in [0.29, 0.717) is 5.56 Å². The van der Waals surface area contributed by atoms with Gasteiger partial charge in [-0.25, -0.2) is 0 Å². The first kappa shape index (κ1) is 12.5. The van der Waals surface area contributed by atoms with Gasteiger partial charge in [0.2, 0.25) is 0 Å². The molecule has 4 heteroatoms. The lowest BCUT2D eigenvalue weighted by molar-refractivity contribution is 0.0835. The summed E-state index contributed by atoms with van der Waals surface area (Å²) in [6, 6.07) is 6.42. The first-order chi connectivity index (χ1) is 9.22. The number of hydrogen-bond donors (Lipinski definition) is 2. The van der Waals surface area contributed by atoms with Gasteiger partial charge in [0.25, 0.3) is 5.91 Å². The van der Waals surface area contributed by atoms with Crippen LogP contribution in [0.25, 0.3) is 0 Å². The summed E-state index contributed by atoms with van der Waals surface area (Å²) >= 11 is 0. The Hall–Kier alpha value is -1.55. The fraction of sp³-hybridized carbons (Fsp3) is 0.533. The van der Waals surface area contributed by atoms with Crippen molar-refractivity contribution in [2.45, 2.75) is 31.8 Å². The van der Waals surface area contributed by atoms with Gasteiger partial charge in [0.1, 0.15) is 5.75 Å². The average Bonchev–Trinajstić information content (AvgIpc) is 2.73. The van der Waals surface area contributed by atoms with Gasteiger partial charge in [0.05, 0.1) is 6.17 Å². The van der Waals surface area contributed by atoms with Gasteiger partial charge < -0.3 is 10.4 Å². The highest BCUT2D eigenvalue weighted by Gasteiger charge is 2.30. The summed E-state index contributed by atoms with van der Waals surface area (Å²) in [5.41, 5.74) is 0.609. The molecule has 1 aromatic rings. The van der Waals surface area contributed by atoms with Crippen LogP contribution in [0, 0.1) is 5.92 Å². The zero-order chi connectivity index (χ0) is 13.2. The summed E-state index contributed by atoms with van der Waals surface area (Å²) in [4.78, 5) is 14.6. The van der Waals surface area contributed by atoms with Crippen molar-refractivity contribution >= 4 is 5.91 Å². The molecule has 2 N–H and O–H groups in total. The fourth-order valence-electron chi connectivity index (χ4n) is 3.14. The van der Waals surface area contributed by atoms with Crippen molar-refractivity contribution in [1.29, 1.82) is 0 Å². The lowest BCUT2D eigenvalue weighted by Gasteiger charge is -2.32. The van der Waals surface area contributed by atoms with Crippen LogP contribution in [-0.4, -0.2) is 35.2 Å². The molecule has 3 heterocycles. The molecular weight excluding hydrogens is 240 g/mol. The summed E-state index contributed by atoms with van der Waals surface area (Å²) in [6.07, 6.45) is 4.98. The van der Waals surface area contributed by atoms with Crippen molar-refractivity contribution < 1.29 is 9.90 Å². The van der Waals surface area contributed by atoms with Crippen LogP contribution in [-0.2, 0) is 0 Å². The maximum absolute atomic E-state index is 12.2. The highest BCUT2D eigenvalue weighted by atomic mass is 16.3. The standard InChI is InChI=1S/C15H20N2O2/c18-13-4-2-12(3-5-13)15(19)16-14-6-1-11-7-9-17(14)10-8-11/h2-5,11,14,18H,1,6-10H2,(H,16,19). The van der Waals surface area contributed by atoms with E-state index in [1.165, 1.54) is 19.3 Å². The first-order valence-corrected chi connectivity index (χ1v) is 7.06. The van der Waals surface area contributed by atoms with E-state index in [1.54, 1.807) is 24.3 Å². The second kappa shape index (κ2) is 5.21. The minimum Gasteiger partial charge on any atom is -0.508 e. The quantitative estimate of drug-likeness (QED) is 0.854. The van der Waals surface area contributed by atoms with Crippen LogP contribution in [0.15, 0.2) is 24.3 Å². The average molecular weight is 260 g/mol. The van der Waals surface area contributed by atoms with Gasteiger partial charge in [-0.2, -0.15) is 0 Å². The van der Waals surface area contributed by atoms with Crippen LogP contribution in [0.5, 0.6) is 5.75 Å². The Morgan fingerprint density at radius 2 is 1.79 bits per heavy atom. The number of phenolic OH excluding ortho intramolecular Hbond substituents is 1. The van der Waals surface area contributed by atoms with E-state index >= 15 is 0 Å². The van der Waals surface area contributed by atoms with Crippen LogP contribution in [0.1, 0.15) is 36.0 Å². The number of rotatable bonds is 2. The molecule has 0 spiro atoms. The molecule has 3 fully saturated rings. The highest BCUT2D eigenvalue weighted by Crippen LogP contribution is 2.29. The summed E-state index contributed by atoms with van der Waals surface area (Å²) in [5.74, 6) is 0.996. The zero-order valence-corrected chi connectivity index (χ0v) is 11.0.